The van der Waals surface area contributed by atoms with Gasteiger partial charge in [-0.2, -0.15) is 0 Å². The first-order chi connectivity index (χ1) is 14.4. The number of carbonyl (C=O) groups is 2. The van der Waals surface area contributed by atoms with Crippen molar-refractivity contribution in [2.24, 2.45) is 0 Å². The van der Waals surface area contributed by atoms with E-state index in [1.807, 2.05) is 0 Å². The normalized spacial score (nSPS) is 11.3. The highest BCUT2D eigenvalue weighted by atomic mass is 16.6. The number of non-ortho nitro benzene ring substituents is 2. The van der Waals surface area contributed by atoms with E-state index < -0.39 is 27.7 Å². The largest absolute Gasteiger partial charge is 0.445 e. The van der Waals surface area contributed by atoms with Crippen molar-refractivity contribution in [3.63, 3.8) is 0 Å². The van der Waals surface area contributed by atoms with Crippen molar-refractivity contribution in [1.82, 2.24) is 0 Å². The number of esters is 1. The number of rotatable bonds is 7. The molecule has 150 valence electrons. The second-order valence-corrected chi connectivity index (χ2v) is 6.17. The van der Waals surface area contributed by atoms with Crippen LogP contribution in [0.2, 0.25) is 0 Å². The molecule has 0 radical (unpaired) electrons. The Labute approximate surface area is 169 Å². The summed E-state index contributed by atoms with van der Waals surface area (Å²) >= 11 is 0. The van der Waals surface area contributed by atoms with Crippen molar-refractivity contribution in [3.05, 3.63) is 116 Å². The van der Waals surface area contributed by atoms with Gasteiger partial charge in [-0.15, -0.1) is 0 Å². The molecule has 3 aromatic carbocycles. The molecule has 1 atom stereocenters. The van der Waals surface area contributed by atoms with Crippen molar-refractivity contribution < 1.29 is 24.2 Å². The van der Waals surface area contributed by atoms with Crippen LogP contribution >= 0.6 is 0 Å². The Kier molecular flexibility index (Phi) is 5.92. The zero-order valence-corrected chi connectivity index (χ0v) is 15.3. The Hall–Kier alpha value is -4.40. The Bertz CT molecular complexity index is 1090. The summed E-state index contributed by atoms with van der Waals surface area (Å²) in [6.07, 6.45) is -1.35. The molecule has 9 nitrogen and oxygen atoms in total. The number of benzene rings is 3. The molecule has 0 N–H and O–H groups in total. The minimum atomic E-state index is -1.35. The highest BCUT2D eigenvalue weighted by Crippen LogP contribution is 2.26. The molecule has 0 amide bonds. The number of nitro benzene ring substituents is 2. The fourth-order valence-electron chi connectivity index (χ4n) is 2.69. The molecule has 30 heavy (non-hydrogen) atoms. The minimum Gasteiger partial charge on any atom is -0.445 e. The zero-order valence-electron chi connectivity index (χ0n) is 15.3. The van der Waals surface area contributed by atoms with Gasteiger partial charge in [-0.25, -0.2) is 4.79 Å². The summed E-state index contributed by atoms with van der Waals surface area (Å²) in [5.41, 5.74) is 0.195. The molecule has 9 heteroatoms. The Morgan fingerprint density at radius 1 is 0.700 bits per heavy atom. The number of hydrogen-bond donors (Lipinski definition) is 0. The minimum absolute atomic E-state index is 0.0216. The first-order valence-electron chi connectivity index (χ1n) is 8.66. The molecule has 0 spiro atoms. The van der Waals surface area contributed by atoms with Gasteiger partial charge in [-0.1, -0.05) is 30.3 Å². The summed E-state index contributed by atoms with van der Waals surface area (Å²) in [6, 6.07) is 18.0. The lowest BCUT2D eigenvalue weighted by Crippen LogP contribution is -2.20. The van der Waals surface area contributed by atoms with Gasteiger partial charge in [0.2, 0.25) is 5.78 Å². The quantitative estimate of drug-likeness (QED) is 0.248. The lowest BCUT2D eigenvalue weighted by Gasteiger charge is -2.17. The van der Waals surface area contributed by atoms with E-state index in [-0.39, 0.29) is 28.1 Å². The van der Waals surface area contributed by atoms with Crippen LogP contribution in [0.25, 0.3) is 0 Å². The first-order valence-corrected chi connectivity index (χ1v) is 8.66. The fraction of sp³-hybridized carbons (Fsp3) is 0.0476. The van der Waals surface area contributed by atoms with E-state index in [0.717, 1.165) is 12.1 Å². The maximum Gasteiger partial charge on any atom is 0.339 e. The molecular formula is C21H14N2O7. The second-order valence-electron chi connectivity index (χ2n) is 6.17. The summed E-state index contributed by atoms with van der Waals surface area (Å²) < 4.78 is 5.41. The third-order valence-electron chi connectivity index (χ3n) is 4.24. The summed E-state index contributed by atoms with van der Waals surface area (Å²) in [4.78, 5) is 46.0. The van der Waals surface area contributed by atoms with Crippen LogP contribution in [0.5, 0.6) is 0 Å². The Balaban J connectivity index is 1.92. The van der Waals surface area contributed by atoms with Crippen molar-refractivity contribution in [3.8, 4) is 0 Å². The van der Waals surface area contributed by atoms with Crippen LogP contribution in [0.4, 0.5) is 11.4 Å². The van der Waals surface area contributed by atoms with Crippen molar-refractivity contribution in [2.45, 2.75) is 6.10 Å². The maximum atomic E-state index is 13.0. The van der Waals surface area contributed by atoms with Crippen LogP contribution < -0.4 is 0 Å². The van der Waals surface area contributed by atoms with Crippen LogP contribution in [-0.2, 0) is 4.74 Å². The monoisotopic (exact) mass is 406 g/mol. The van der Waals surface area contributed by atoms with Gasteiger partial charge in [0.15, 0.2) is 6.10 Å². The summed E-state index contributed by atoms with van der Waals surface area (Å²) in [5, 5.41) is 21.6. The smallest absolute Gasteiger partial charge is 0.339 e. The number of hydrogen-bond acceptors (Lipinski definition) is 7. The van der Waals surface area contributed by atoms with E-state index in [2.05, 4.69) is 0 Å². The van der Waals surface area contributed by atoms with Gasteiger partial charge < -0.3 is 4.74 Å². The molecule has 0 unspecified atom stereocenters. The van der Waals surface area contributed by atoms with Crippen molar-refractivity contribution in [1.29, 1.82) is 0 Å². The summed E-state index contributed by atoms with van der Waals surface area (Å²) in [6.45, 7) is 0. The zero-order chi connectivity index (χ0) is 21.7. The fourth-order valence-corrected chi connectivity index (χ4v) is 2.69. The van der Waals surface area contributed by atoms with Gasteiger partial charge >= 0.3 is 5.97 Å². The Morgan fingerprint density at radius 3 is 1.70 bits per heavy atom. The standard InChI is InChI=1S/C21H14N2O7/c24-19(14-4-2-1-3-5-14)20(15-6-10-17(11-7-15)22(26)27)30-21(25)16-8-12-18(13-9-16)23(28)29/h1-13,20H/t20-/m1/s1. The van der Waals surface area contributed by atoms with E-state index in [1.165, 1.54) is 36.4 Å². The number of carbonyl (C=O) groups excluding carboxylic acids is 2. The second kappa shape index (κ2) is 8.74. The molecule has 0 aliphatic rings. The highest BCUT2D eigenvalue weighted by Gasteiger charge is 2.27. The molecule has 0 aliphatic carbocycles. The highest BCUT2D eigenvalue weighted by molar-refractivity contribution is 6.02. The molecule has 0 fully saturated rings. The predicted octanol–water partition coefficient (Wildman–Crippen LogP) is 4.28. The van der Waals surface area contributed by atoms with Crippen LogP contribution in [0, 0.1) is 20.2 Å². The van der Waals surface area contributed by atoms with Gasteiger partial charge in [0.1, 0.15) is 0 Å². The molecule has 3 aromatic rings. The van der Waals surface area contributed by atoms with Crippen molar-refractivity contribution >= 4 is 23.1 Å². The number of ketones is 1. The van der Waals surface area contributed by atoms with Gasteiger partial charge in [-0.3, -0.25) is 25.0 Å². The molecule has 0 saturated carbocycles. The van der Waals surface area contributed by atoms with Gasteiger partial charge in [0, 0.05) is 35.4 Å². The van der Waals surface area contributed by atoms with E-state index in [0.29, 0.717) is 0 Å². The molecule has 0 heterocycles. The molecular weight excluding hydrogens is 392 g/mol. The molecule has 3 rings (SSSR count). The third-order valence-corrected chi connectivity index (χ3v) is 4.24. The SMILES string of the molecule is O=C(O[C@@H](C(=O)c1ccccc1)c1ccc([N+](=O)[O-])cc1)c1ccc([N+](=O)[O-])cc1. The van der Waals surface area contributed by atoms with E-state index in [4.69, 9.17) is 4.74 Å². The third kappa shape index (κ3) is 4.53. The first kappa shape index (κ1) is 20.3. The number of Topliss-reactive ketones (excluding diaryl/α,β-unsaturated/α-hetero) is 1. The number of nitro groups is 2. The van der Waals surface area contributed by atoms with Gasteiger partial charge in [0.05, 0.1) is 15.4 Å². The summed E-state index contributed by atoms with van der Waals surface area (Å²) in [5.74, 6) is -1.38. The van der Waals surface area contributed by atoms with Crippen molar-refractivity contribution in [2.75, 3.05) is 0 Å². The van der Waals surface area contributed by atoms with Gasteiger partial charge in [-0.05, 0) is 24.3 Å². The Morgan fingerprint density at radius 2 is 1.20 bits per heavy atom. The van der Waals surface area contributed by atoms with Crippen LogP contribution in [0.3, 0.4) is 0 Å². The van der Waals surface area contributed by atoms with Crippen LogP contribution in [0.1, 0.15) is 32.4 Å². The maximum absolute atomic E-state index is 13.0. The lowest BCUT2D eigenvalue weighted by atomic mass is 9.99. The van der Waals surface area contributed by atoms with E-state index in [1.54, 1.807) is 30.3 Å². The predicted molar refractivity (Wildman–Crippen MR) is 105 cm³/mol. The van der Waals surface area contributed by atoms with Crippen LogP contribution in [0.15, 0.2) is 78.9 Å². The van der Waals surface area contributed by atoms with E-state index >= 15 is 0 Å². The number of nitrogens with zero attached hydrogens (tertiary/aromatic N) is 2. The molecule has 0 saturated heterocycles. The average molecular weight is 406 g/mol. The molecule has 0 bridgehead atoms. The molecule has 0 aromatic heterocycles. The summed E-state index contributed by atoms with van der Waals surface area (Å²) in [7, 11) is 0. The van der Waals surface area contributed by atoms with E-state index in [9.17, 15) is 29.8 Å². The van der Waals surface area contributed by atoms with Gasteiger partial charge in [0.25, 0.3) is 11.4 Å². The average Bonchev–Trinajstić information content (AvgIpc) is 2.77. The topological polar surface area (TPSA) is 130 Å². The lowest BCUT2D eigenvalue weighted by molar-refractivity contribution is -0.385. The van der Waals surface area contributed by atoms with Crippen LogP contribution in [-0.4, -0.2) is 21.6 Å². The number of ether oxygens (including phenoxy) is 1. The molecule has 0 aliphatic heterocycles.